The van der Waals surface area contributed by atoms with Crippen LogP contribution in [-0.4, -0.2) is 46.4 Å². The maximum Gasteiger partial charge on any atom is 0.254 e. The molecule has 0 saturated carbocycles. The van der Waals surface area contributed by atoms with Crippen molar-refractivity contribution in [2.75, 3.05) is 19.6 Å². The topological polar surface area (TPSA) is 36.4 Å². The highest BCUT2D eigenvalue weighted by atomic mass is 32.1. The summed E-state index contributed by atoms with van der Waals surface area (Å²) < 4.78 is 0. The molecule has 1 amide bonds. The lowest BCUT2D eigenvalue weighted by molar-refractivity contribution is 0.0221. The minimum absolute atomic E-state index is 0.127. The first kappa shape index (κ1) is 13.0. The molecule has 4 nitrogen and oxygen atoms in total. The van der Waals surface area contributed by atoms with Gasteiger partial charge >= 0.3 is 0 Å². The zero-order valence-electron chi connectivity index (χ0n) is 11.7. The van der Waals surface area contributed by atoms with Crippen LogP contribution in [0.2, 0.25) is 0 Å². The van der Waals surface area contributed by atoms with Gasteiger partial charge < -0.3 is 4.90 Å². The third-order valence-corrected chi connectivity index (χ3v) is 5.45. The molecule has 108 valence electrons. The van der Waals surface area contributed by atoms with Gasteiger partial charge in [0.25, 0.3) is 5.91 Å². The Labute approximate surface area is 128 Å². The molecule has 1 fully saturated rings. The smallest absolute Gasteiger partial charge is 0.254 e. The van der Waals surface area contributed by atoms with E-state index < -0.39 is 0 Å². The van der Waals surface area contributed by atoms with Gasteiger partial charge in [-0.2, -0.15) is 0 Å². The van der Waals surface area contributed by atoms with Gasteiger partial charge in [-0.3, -0.25) is 14.7 Å². The molecule has 0 bridgehead atoms. The summed E-state index contributed by atoms with van der Waals surface area (Å²) in [5, 5.41) is 2.19. The number of rotatable bonds is 2. The number of hydrogen-bond acceptors (Lipinski definition) is 4. The second-order valence-corrected chi connectivity index (χ2v) is 6.69. The molecule has 1 saturated heterocycles. The van der Waals surface area contributed by atoms with Gasteiger partial charge in [0.1, 0.15) is 0 Å². The highest BCUT2D eigenvalue weighted by molar-refractivity contribution is 7.10. The molecule has 2 aromatic rings. The molecule has 4 rings (SSSR count). The van der Waals surface area contributed by atoms with Crippen LogP contribution in [0, 0.1) is 0 Å². The van der Waals surface area contributed by atoms with Crippen LogP contribution in [0.1, 0.15) is 20.8 Å². The van der Waals surface area contributed by atoms with Crippen LogP contribution in [0.5, 0.6) is 0 Å². The van der Waals surface area contributed by atoms with Crippen molar-refractivity contribution in [1.29, 1.82) is 0 Å². The van der Waals surface area contributed by atoms with Crippen molar-refractivity contribution in [2.45, 2.75) is 19.0 Å². The van der Waals surface area contributed by atoms with Crippen molar-refractivity contribution in [1.82, 2.24) is 14.8 Å². The molecule has 5 heteroatoms. The van der Waals surface area contributed by atoms with Gasteiger partial charge in [-0.15, -0.1) is 11.3 Å². The van der Waals surface area contributed by atoms with Crippen LogP contribution in [0.25, 0.3) is 0 Å². The van der Waals surface area contributed by atoms with E-state index in [9.17, 15) is 4.79 Å². The summed E-state index contributed by atoms with van der Waals surface area (Å²) >= 11 is 1.87. The fourth-order valence-corrected chi connectivity index (χ4v) is 4.00. The van der Waals surface area contributed by atoms with Crippen LogP contribution in [0.15, 0.2) is 36.0 Å². The Morgan fingerprint density at radius 1 is 1.24 bits per heavy atom. The van der Waals surface area contributed by atoms with Crippen molar-refractivity contribution < 1.29 is 4.79 Å². The number of thiophene rings is 1. The number of fused-ring (bicyclic) bond motifs is 1. The Bertz CT molecular complexity index is 649. The molecule has 0 radical (unpaired) electrons. The van der Waals surface area contributed by atoms with Crippen molar-refractivity contribution in [3.63, 3.8) is 0 Å². The zero-order valence-corrected chi connectivity index (χ0v) is 12.6. The molecule has 0 unspecified atom stereocenters. The maximum absolute atomic E-state index is 12.3. The Kier molecular flexibility index (Phi) is 3.24. The highest BCUT2D eigenvalue weighted by Crippen LogP contribution is 2.28. The number of pyridine rings is 1. The predicted octanol–water partition coefficient (Wildman–Crippen LogP) is 2.03. The monoisotopic (exact) mass is 299 g/mol. The van der Waals surface area contributed by atoms with Crippen molar-refractivity contribution >= 4 is 17.2 Å². The van der Waals surface area contributed by atoms with Gasteiger partial charge in [-0.1, -0.05) is 0 Å². The minimum atomic E-state index is 0.127. The molecule has 0 aromatic carbocycles. The summed E-state index contributed by atoms with van der Waals surface area (Å²) in [5.74, 6) is 0.127. The highest BCUT2D eigenvalue weighted by Gasteiger charge is 2.36. The molecule has 0 aliphatic carbocycles. The van der Waals surface area contributed by atoms with Crippen LogP contribution in [-0.2, 0) is 13.0 Å². The molecule has 0 atom stereocenters. The van der Waals surface area contributed by atoms with Crippen molar-refractivity contribution in [3.8, 4) is 0 Å². The number of nitrogens with zero attached hydrogens (tertiary/aromatic N) is 3. The second-order valence-electron chi connectivity index (χ2n) is 5.69. The summed E-state index contributed by atoms with van der Waals surface area (Å²) in [5.41, 5.74) is 2.22. The van der Waals surface area contributed by atoms with Crippen molar-refractivity contribution in [2.24, 2.45) is 0 Å². The molecular weight excluding hydrogens is 282 g/mol. The molecular formula is C16H17N3OS. The first-order valence-electron chi connectivity index (χ1n) is 7.30. The average Bonchev–Trinajstić information content (AvgIpc) is 2.94. The summed E-state index contributed by atoms with van der Waals surface area (Å²) in [7, 11) is 0. The number of aromatic nitrogens is 1. The van der Waals surface area contributed by atoms with Gasteiger partial charge in [0.05, 0.1) is 0 Å². The molecule has 0 spiro atoms. The molecule has 0 N–H and O–H groups in total. The normalized spacial score (nSPS) is 19.1. The third-order valence-electron chi connectivity index (χ3n) is 4.43. The number of hydrogen-bond donors (Lipinski definition) is 0. The number of carbonyl (C=O) groups is 1. The van der Waals surface area contributed by atoms with E-state index >= 15 is 0 Å². The van der Waals surface area contributed by atoms with Crippen LogP contribution in [0.4, 0.5) is 0 Å². The van der Waals surface area contributed by atoms with E-state index in [-0.39, 0.29) is 5.91 Å². The first-order valence-corrected chi connectivity index (χ1v) is 8.18. The summed E-state index contributed by atoms with van der Waals surface area (Å²) in [6.07, 6.45) is 4.50. The standard InChI is InChI=1S/C16H17N3OS/c20-16(12-1-5-17-6-2-12)19-10-14(11-19)18-7-3-15-13(9-18)4-8-21-15/h1-2,4-6,8,14H,3,7,9-11H2. The Morgan fingerprint density at radius 2 is 2.05 bits per heavy atom. The number of amides is 1. The summed E-state index contributed by atoms with van der Waals surface area (Å²) in [6.45, 7) is 3.86. The van der Waals surface area contributed by atoms with E-state index in [0.717, 1.165) is 38.2 Å². The van der Waals surface area contributed by atoms with E-state index in [0.29, 0.717) is 6.04 Å². The lowest BCUT2D eigenvalue weighted by Gasteiger charge is -2.46. The molecule has 2 aromatic heterocycles. The first-order chi connectivity index (χ1) is 10.3. The van der Waals surface area contributed by atoms with E-state index in [2.05, 4.69) is 21.3 Å². The molecule has 21 heavy (non-hydrogen) atoms. The predicted molar refractivity (Wildman–Crippen MR) is 82.4 cm³/mol. The second kappa shape index (κ2) is 5.24. The number of likely N-dealkylation sites (tertiary alicyclic amines) is 1. The lowest BCUT2D eigenvalue weighted by atomic mass is 10.0. The Hall–Kier alpha value is -1.72. The van der Waals surface area contributed by atoms with Crippen LogP contribution in [0.3, 0.4) is 0 Å². The average molecular weight is 299 g/mol. The SMILES string of the molecule is O=C(c1ccncc1)N1CC(N2CCc3sccc3C2)C1. The number of carbonyl (C=O) groups excluding carboxylic acids is 1. The van der Waals surface area contributed by atoms with Gasteiger partial charge in [-0.05, 0) is 35.6 Å². The van der Waals surface area contributed by atoms with Gasteiger partial charge in [0.2, 0.25) is 0 Å². The Balaban J connectivity index is 1.37. The van der Waals surface area contributed by atoms with Crippen molar-refractivity contribution in [3.05, 3.63) is 52.0 Å². The van der Waals surface area contributed by atoms with E-state index in [4.69, 9.17) is 0 Å². The maximum atomic E-state index is 12.3. The fraction of sp³-hybridized carbons (Fsp3) is 0.375. The summed E-state index contributed by atoms with van der Waals surface area (Å²) in [4.78, 5) is 22.2. The minimum Gasteiger partial charge on any atom is -0.335 e. The molecule has 2 aliphatic rings. The van der Waals surface area contributed by atoms with E-state index in [1.165, 1.54) is 10.4 Å². The van der Waals surface area contributed by atoms with E-state index in [1.807, 2.05) is 16.2 Å². The quantitative estimate of drug-likeness (QED) is 0.851. The molecule has 4 heterocycles. The Morgan fingerprint density at radius 3 is 2.86 bits per heavy atom. The molecule has 2 aliphatic heterocycles. The van der Waals surface area contributed by atoms with Crippen LogP contribution < -0.4 is 0 Å². The lowest BCUT2D eigenvalue weighted by Crippen LogP contribution is -2.61. The summed E-state index contributed by atoms with van der Waals surface area (Å²) in [6, 6.07) is 6.33. The fourth-order valence-electron chi connectivity index (χ4n) is 3.11. The third kappa shape index (κ3) is 2.36. The van der Waals surface area contributed by atoms with Gasteiger partial charge in [0.15, 0.2) is 0 Å². The van der Waals surface area contributed by atoms with Gasteiger partial charge in [-0.25, -0.2) is 0 Å². The zero-order chi connectivity index (χ0) is 14.2. The van der Waals surface area contributed by atoms with Gasteiger partial charge in [0, 0.05) is 55.1 Å². The van der Waals surface area contributed by atoms with E-state index in [1.54, 1.807) is 24.5 Å². The largest absolute Gasteiger partial charge is 0.335 e. The van der Waals surface area contributed by atoms with Crippen LogP contribution >= 0.6 is 11.3 Å².